The van der Waals surface area contributed by atoms with Crippen molar-refractivity contribution in [3.05, 3.63) is 0 Å². The second kappa shape index (κ2) is 15.0. The Morgan fingerprint density at radius 3 is 2.22 bits per heavy atom. The zero-order valence-electron chi connectivity index (χ0n) is 27.6. The highest BCUT2D eigenvalue weighted by Gasteiger charge is 2.61. The molecular weight excluding hydrogens is 652 g/mol. The first-order chi connectivity index (χ1) is 23.0. The van der Waals surface area contributed by atoms with E-state index in [0.29, 0.717) is 12.5 Å². The molecule has 0 aromatic rings. The molecule has 20 nitrogen and oxygen atoms in total. The van der Waals surface area contributed by atoms with Crippen molar-refractivity contribution in [3.8, 4) is 0 Å². The summed E-state index contributed by atoms with van der Waals surface area (Å²) >= 11 is 0. The Labute approximate surface area is 283 Å². The lowest BCUT2D eigenvalue weighted by atomic mass is 9.81. The molecule has 3 saturated carbocycles. The van der Waals surface area contributed by atoms with Crippen LogP contribution in [0.5, 0.6) is 0 Å². The maximum Gasteiger partial charge on any atom is 0.254 e. The summed E-state index contributed by atoms with van der Waals surface area (Å²) in [6.45, 7) is 1.94. The standard InChI is InChI=1S/C29H54N8O12/c1-28(44)9-46-24(20(42)23(28)34-2)49-22-13(36-26(43)29(45)6-15(29)37-27(32)33)5-12(31)21(19(22)41)48-25-18(40)17(39)16(38)14(47-25)8-35-7-10-3-11(30)4-10/h10-25,34-35,38-42,44-45H,3-9,30-31H2,1-2H3,(H,36,43)(H4,32,33,37)/t10?,11?,12-,13+,14+,15?,16+,17-,18+,19-,20+,21?,22-,23+,24+,25+,28-,29?/m0/s1. The fourth-order valence-corrected chi connectivity index (χ4v) is 7.30. The first-order valence-corrected chi connectivity index (χ1v) is 16.7. The van der Waals surface area contributed by atoms with Gasteiger partial charge in [-0.1, -0.05) is 0 Å². The summed E-state index contributed by atoms with van der Waals surface area (Å²) in [7, 11) is 1.53. The van der Waals surface area contributed by atoms with E-state index in [2.05, 4.69) is 20.9 Å². The Hall–Kier alpha value is -1.86. The molecule has 0 bridgehead atoms. The van der Waals surface area contributed by atoms with Crippen LogP contribution in [0, 0.1) is 5.92 Å². The third kappa shape index (κ3) is 8.13. The van der Waals surface area contributed by atoms with E-state index in [9.17, 15) is 40.5 Å². The molecule has 5 fully saturated rings. The van der Waals surface area contributed by atoms with Crippen LogP contribution in [0.4, 0.5) is 0 Å². The van der Waals surface area contributed by atoms with Gasteiger partial charge in [-0.25, -0.2) is 4.99 Å². The van der Waals surface area contributed by atoms with Crippen LogP contribution < -0.4 is 38.9 Å². The number of nitrogens with one attached hydrogen (secondary N) is 3. The average molecular weight is 707 g/mol. The van der Waals surface area contributed by atoms with E-state index < -0.39 is 103 Å². The lowest BCUT2D eigenvalue weighted by molar-refractivity contribution is -0.331. The second-order valence-corrected chi connectivity index (χ2v) is 14.4. The Bertz CT molecular complexity index is 1180. The fourth-order valence-electron chi connectivity index (χ4n) is 7.30. The molecule has 3 aliphatic carbocycles. The molecular formula is C29H54N8O12. The van der Waals surface area contributed by atoms with Gasteiger partial charge < -0.3 is 93.6 Å². The maximum atomic E-state index is 13.2. The number of amides is 1. The van der Waals surface area contributed by atoms with E-state index in [1.54, 1.807) is 0 Å². The summed E-state index contributed by atoms with van der Waals surface area (Å²) in [6, 6.07) is -3.76. The largest absolute Gasteiger partial charge is 0.388 e. The number of hydrogen-bond donors (Lipinski definition) is 14. The number of aliphatic hydroxyl groups is 7. The Balaban J connectivity index is 1.31. The van der Waals surface area contributed by atoms with E-state index >= 15 is 0 Å². The minimum absolute atomic E-state index is 0.0615. The van der Waals surface area contributed by atoms with Gasteiger partial charge in [-0.05, 0) is 45.7 Å². The normalized spacial score (nSPS) is 49.9. The zero-order valence-corrected chi connectivity index (χ0v) is 27.6. The molecule has 5 aliphatic rings. The Morgan fingerprint density at radius 2 is 1.59 bits per heavy atom. The van der Waals surface area contributed by atoms with Crippen LogP contribution in [0.2, 0.25) is 0 Å². The van der Waals surface area contributed by atoms with Gasteiger partial charge in [-0.2, -0.15) is 0 Å². The molecule has 0 aromatic carbocycles. The maximum absolute atomic E-state index is 13.2. The van der Waals surface area contributed by atoms with Crippen LogP contribution >= 0.6 is 0 Å². The minimum Gasteiger partial charge on any atom is -0.388 e. The molecule has 18 N–H and O–H groups in total. The molecule has 2 aliphatic heterocycles. The van der Waals surface area contributed by atoms with Gasteiger partial charge in [0.15, 0.2) is 24.1 Å². The van der Waals surface area contributed by atoms with E-state index in [-0.39, 0.29) is 38.0 Å². The first kappa shape index (κ1) is 38.4. The molecule has 0 aromatic heterocycles. The number of ether oxygens (including phenoxy) is 4. The summed E-state index contributed by atoms with van der Waals surface area (Å²) in [4.78, 5) is 17.1. The highest BCUT2D eigenvalue weighted by molar-refractivity contribution is 5.90. The summed E-state index contributed by atoms with van der Waals surface area (Å²) in [6.07, 6.45) is -13.1. The topological polar surface area (TPSA) is 348 Å². The average Bonchev–Trinajstić information content (AvgIpc) is 3.67. The van der Waals surface area contributed by atoms with Gasteiger partial charge in [0.2, 0.25) is 0 Å². The number of nitrogens with two attached hydrogens (primary N) is 4. The number of aliphatic hydroxyl groups excluding tert-OH is 5. The zero-order chi connectivity index (χ0) is 36.0. The lowest BCUT2D eigenvalue weighted by Gasteiger charge is -2.49. The molecule has 1 amide bonds. The van der Waals surface area contributed by atoms with Gasteiger partial charge in [0.05, 0.1) is 24.7 Å². The van der Waals surface area contributed by atoms with E-state index in [0.717, 1.165) is 12.8 Å². The van der Waals surface area contributed by atoms with Crippen LogP contribution in [-0.4, -0.2) is 177 Å². The number of rotatable bonds is 12. The predicted molar refractivity (Wildman–Crippen MR) is 169 cm³/mol. The van der Waals surface area contributed by atoms with Crippen LogP contribution in [-0.2, 0) is 23.7 Å². The number of likely N-dealkylation sites (N-methyl/N-ethyl adjacent to an activating group) is 1. The summed E-state index contributed by atoms with van der Waals surface area (Å²) in [5.41, 5.74) is 19.7. The van der Waals surface area contributed by atoms with Gasteiger partial charge in [0.25, 0.3) is 5.91 Å². The number of carbonyl (C=O) groups excluding carboxylic acids is 1. The SMILES string of the molecule is CN[C@@H]1[C@@H](O)[C@@H](O[C@H]2[C@H](NC(=O)C3(O)CC3N=C(N)N)C[C@H](N)C(O[C@H]3O[C@H](CNCC4CC(N)C4)[C@@H](O)[C@H](O)[C@H]3O)[C@@H]2O)OC[C@]1(C)O. The van der Waals surface area contributed by atoms with E-state index in [1.165, 1.54) is 14.0 Å². The predicted octanol–water partition coefficient (Wildman–Crippen LogP) is -7.70. The van der Waals surface area contributed by atoms with Gasteiger partial charge in [-0.15, -0.1) is 0 Å². The van der Waals surface area contributed by atoms with Gasteiger partial charge >= 0.3 is 0 Å². The second-order valence-electron chi connectivity index (χ2n) is 14.4. The summed E-state index contributed by atoms with van der Waals surface area (Å²) < 4.78 is 23.6. The third-order valence-corrected chi connectivity index (χ3v) is 10.4. The van der Waals surface area contributed by atoms with Crippen molar-refractivity contribution in [2.24, 2.45) is 33.8 Å². The molecule has 282 valence electrons. The Kier molecular flexibility index (Phi) is 11.8. The van der Waals surface area contributed by atoms with Crippen molar-refractivity contribution in [1.29, 1.82) is 0 Å². The lowest BCUT2D eigenvalue weighted by Crippen LogP contribution is -2.70. The van der Waals surface area contributed by atoms with Crippen LogP contribution in [0.25, 0.3) is 0 Å². The quantitative estimate of drug-likeness (QED) is 0.0661. The third-order valence-electron chi connectivity index (χ3n) is 10.4. The number of guanidine groups is 1. The molecule has 20 heteroatoms. The van der Waals surface area contributed by atoms with Crippen LogP contribution in [0.3, 0.4) is 0 Å². The highest BCUT2D eigenvalue weighted by Crippen LogP contribution is 2.40. The number of aliphatic imine (C=N–C) groups is 1. The van der Waals surface area contributed by atoms with Gasteiger partial charge in [0, 0.05) is 25.0 Å². The molecule has 16 atom stereocenters. The van der Waals surface area contributed by atoms with Gasteiger partial charge in [0.1, 0.15) is 54.4 Å². The van der Waals surface area contributed by atoms with E-state index in [1.807, 2.05) is 0 Å². The monoisotopic (exact) mass is 706 g/mol. The molecule has 0 spiro atoms. The molecule has 3 unspecified atom stereocenters. The smallest absolute Gasteiger partial charge is 0.254 e. The van der Waals surface area contributed by atoms with Crippen LogP contribution in [0.1, 0.15) is 32.6 Å². The summed E-state index contributed by atoms with van der Waals surface area (Å²) in [5.74, 6) is -0.795. The highest BCUT2D eigenvalue weighted by atomic mass is 16.7. The van der Waals surface area contributed by atoms with Crippen molar-refractivity contribution in [1.82, 2.24) is 16.0 Å². The van der Waals surface area contributed by atoms with Crippen LogP contribution in [0.15, 0.2) is 4.99 Å². The number of hydrogen-bond acceptors (Lipinski definition) is 17. The molecule has 2 saturated heterocycles. The van der Waals surface area contributed by atoms with Gasteiger partial charge in [-0.3, -0.25) is 4.79 Å². The number of nitrogens with zero attached hydrogens (tertiary/aromatic N) is 1. The Morgan fingerprint density at radius 1 is 0.918 bits per heavy atom. The molecule has 49 heavy (non-hydrogen) atoms. The molecule has 5 rings (SSSR count). The van der Waals surface area contributed by atoms with E-state index in [4.69, 9.17) is 41.9 Å². The van der Waals surface area contributed by atoms with Crippen molar-refractivity contribution in [2.45, 2.75) is 135 Å². The molecule has 2 heterocycles. The first-order valence-electron chi connectivity index (χ1n) is 16.7. The van der Waals surface area contributed by atoms with Crippen molar-refractivity contribution in [2.75, 3.05) is 26.7 Å². The minimum atomic E-state index is -1.93. The number of carbonyl (C=O) groups is 1. The summed E-state index contributed by atoms with van der Waals surface area (Å²) in [5, 5.41) is 85.0. The fraction of sp³-hybridized carbons (Fsp3) is 0.931. The molecule has 0 radical (unpaired) electrons. The van der Waals surface area contributed by atoms with Crippen molar-refractivity contribution in [3.63, 3.8) is 0 Å². The van der Waals surface area contributed by atoms with Crippen molar-refractivity contribution >= 4 is 11.9 Å². The van der Waals surface area contributed by atoms with Crippen molar-refractivity contribution < 1.29 is 59.5 Å².